The molecule has 2 aromatic rings. The minimum absolute atomic E-state index is 0.111. The van der Waals surface area contributed by atoms with E-state index >= 15 is 0 Å². The molecular formula is C15H15BrN2O. The lowest BCUT2D eigenvalue weighted by molar-refractivity contribution is 0.473. The van der Waals surface area contributed by atoms with Crippen molar-refractivity contribution in [3.8, 4) is 5.75 Å². The highest BCUT2D eigenvalue weighted by Crippen LogP contribution is 2.36. The summed E-state index contributed by atoms with van der Waals surface area (Å²) in [5, 5.41) is 18.3. The lowest BCUT2D eigenvalue weighted by atomic mass is 10.1. The fraction of sp³-hybridized carbons (Fsp3) is 0.200. The van der Waals surface area contributed by atoms with E-state index in [4.69, 9.17) is 0 Å². The van der Waals surface area contributed by atoms with Crippen molar-refractivity contribution >= 4 is 27.3 Å². The Kier molecular flexibility index (Phi) is 4.00. The zero-order valence-electron chi connectivity index (χ0n) is 11.1. The second-order valence-electron chi connectivity index (χ2n) is 4.60. The van der Waals surface area contributed by atoms with E-state index in [1.165, 1.54) is 0 Å². The number of phenolic OH excluding ortho intramolecular Hbond substituents is 1. The highest BCUT2D eigenvalue weighted by atomic mass is 79.9. The van der Waals surface area contributed by atoms with Crippen molar-refractivity contribution in [1.29, 1.82) is 0 Å². The van der Waals surface area contributed by atoms with Gasteiger partial charge in [-0.3, -0.25) is 0 Å². The number of halogens is 1. The lowest BCUT2D eigenvalue weighted by Gasteiger charge is -2.04. The summed E-state index contributed by atoms with van der Waals surface area (Å²) in [7, 11) is 0. The number of hydrogen-bond donors (Lipinski definition) is 1. The molecule has 0 aliphatic heterocycles. The van der Waals surface area contributed by atoms with Crippen LogP contribution in [0.25, 0.3) is 0 Å². The summed E-state index contributed by atoms with van der Waals surface area (Å²) < 4.78 is 0.627. The van der Waals surface area contributed by atoms with Gasteiger partial charge in [0.05, 0.1) is 10.2 Å². The van der Waals surface area contributed by atoms with Crippen molar-refractivity contribution in [3.63, 3.8) is 0 Å². The maximum absolute atomic E-state index is 9.92. The van der Waals surface area contributed by atoms with Gasteiger partial charge in [-0.1, -0.05) is 12.1 Å². The molecule has 1 N–H and O–H groups in total. The van der Waals surface area contributed by atoms with Crippen LogP contribution >= 0.6 is 15.9 Å². The zero-order valence-corrected chi connectivity index (χ0v) is 12.7. The second kappa shape index (κ2) is 5.53. The molecule has 0 radical (unpaired) electrons. The fourth-order valence-corrected chi connectivity index (χ4v) is 2.29. The molecule has 0 spiro atoms. The normalized spacial score (nSPS) is 11.2. The number of aromatic hydroxyl groups is 1. The van der Waals surface area contributed by atoms with E-state index < -0.39 is 0 Å². The third-order valence-corrected chi connectivity index (χ3v) is 3.42. The van der Waals surface area contributed by atoms with E-state index in [1.807, 2.05) is 45.0 Å². The molecule has 0 amide bonds. The van der Waals surface area contributed by atoms with Crippen LogP contribution in [-0.4, -0.2) is 5.11 Å². The maximum atomic E-state index is 9.92. The summed E-state index contributed by atoms with van der Waals surface area (Å²) in [5.74, 6) is 0.111. The van der Waals surface area contributed by atoms with Gasteiger partial charge in [-0.15, -0.1) is 5.11 Å². The Labute approximate surface area is 121 Å². The minimum atomic E-state index is 0.111. The molecule has 0 fully saturated rings. The summed E-state index contributed by atoms with van der Waals surface area (Å²) in [5.41, 5.74) is 4.49. The average Bonchev–Trinajstić information content (AvgIpc) is 2.35. The molecule has 3 nitrogen and oxygen atoms in total. The van der Waals surface area contributed by atoms with Crippen LogP contribution in [0.15, 0.2) is 45.0 Å². The van der Waals surface area contributed by atoms with Crippen LogP contribution in [-0.2, 0) is 0 Å². The quantitative estimate of drug-likeness (QED) is 0.730. The summed E-state index contributed by atoms with van der Waals surface area (Å²) >= 11 is 3.30. The maximum Gasteiger partial charge on any atom is 0.157 e. The van der Waals surface area contributed by atoms with Crippen LogP contribution in [0.2, 0.25) is 0 Å². The number of rotatable bonds is 2. The van der Waals surface area contributed by atoms with Crippen molar-refractivity contribution in [1.82, 2.24) is 0 Å². The monoisotopic (exact) mass is 318 g/mol. The average molecular weight is 319 g/mol. The topological polar surface area (TPSA) is 45.0 Å². The Morgan fingerprint density at radius 2 is 1.53 bits per heavy atom. The van der Waals surface area contributed by atoms with Crippen LogP contribution in [0, 0.1) is 20.8 Å². The van der Waals surface area contributed by atoms with Crippen LogP contribution in [0.3, 0.4) is 0 Å². The number of phenols is 1. The van der Waals surface area contributed by atoms with E-state index in [-0.39, 0.29) is 5.75 Å². The number of aryl methyl sites for hydroxylation is 3. The standard InChI is InChI=1S/C15H15BrN2O/c1-9-4-5-11(3)13(7-9)17-18-14-8-10(2)6-12(16)15(14)19/h4-8,19H,1-3H3. The molecule has 19 heavy (non-hydrogen) atoms. The van der Waals surface area contributed by atoms with Crippen molar-refractivity contribution in [2.45, 2.75) is 20.8 Å². The van der Waals surface area contributed by atoms with Crippen molar-refractivity contribution < 1.29 is 5.11 Å². The third-order valence-electron chi connectivity index (χ3n) is 2.82. The molecule has 0 bridgehead atoms. The zero-order chi connectivity index (χ0) is 14.0. The Bertz CT molecular complexity index is 651. The highest BCUT2D eigenvalue weighted by Gasteiger charge is 2.06. The molecule has 0 aliphatic carbocycles. The molecule has 98 valence electrons. The van der Waals surface area contributed by atoms with Crippen LogP contribution < -0.4 is 0 Å². The Morgan fingerprint density at radius 1 is 0.895 bits per heavy atom. The SMILES string of the molecule is Cc1ccc(C)c(N=Nc2cc(C)cc(Br)c2O)c1. The molecular weight excluding hydrogens is 304 g/mol. The number of hydrogen-bond acceptors (Lipinski definition) is 3. The predicted molar refractivity (Wildman–Crippen MR) is 80.6 cm³/mol. The molecule has 0 aromatic heterocycles. The van der Waals surface area contributed by atoms with Gasteiger partial charge in [0.15, 0.2) is 5.75 Å². The third kappa shape index (κ3) is 3.20. The molecule has 0 unspecified atom stereocenters. The first-order valence-corrected chi connectivity index (χ1v) is 6.75. The van der Waals surface area contributed by atoms with Gasteiger partial charge in [-0.05, 0) is 71.6 Å². The Hall–Kier alpha value is -1.68. The van der Waals surface area contributed by atoms with Crippen molar-refractivity contribution in [2.75, 3.05) is 0 Å². The Morgan fingerprint density at radius 3 is 2.26 bits per heavy atom. The van der Waals surface area contributed by atoms with Gasteiger partial charge in [-0.25, -0.2) is 0 Å². The van der Waals surface area contributed by atoms with E-state index in [2.05, 4.69) is 26.2 Å². The fourth-order valence-electron chi connectivity index (χ4n) is 1.73. The number of azo groups is 1. The lowest BCUT2D eigenvalue weighted by Crippen LogP contribution is -1.78. The van der Waals surface area contributed by atoms with Gasteiger partial charge in [0.2, 0.25) is 0 Å². The molecule has 2 rings (SSSR count). The van der Waals surface area contributed by atoms with Gasteiger partial charge in [0.25, 0.3) is 0 Å². The molecule has 0 heterocycles. The van der Waals surface area contributed by atoms with E-state index in [9.17, 15) is 5.11 Å². The van der Waals surface area contributed by atoms with Crippen molar-refractivity contribution in [2.24, 2.45) is 10.2 Å². The van der Waals surface area contributed by atoms with E-state index in [1.54, 1.807) is 6.07 Å². The van der Waals surface area contributed by atoms with Crippen molar-refractivity contribution in [3.05, 3.63) is 51.5 Å². The van der Waals surface area contributed by atoms with E-state index in [0.29, 0.717) is 10.2 Å². The first-order chi connectivity index (χ1) is 8.97. The summed E-state index contributed by atoms with van der Waals surface area (Å²) in [6.45, 7) is 5.94. The van der Waals surface area contributed by atoms with Crippen LogP contribution in [0.4, 0.5) is 11.4 Å². The first kappa shape index (κ1) is 13.7. The molecule has 0 saturated heterocycles. The Balaban J connectivity index is 2.40. The van der Waals surface area contributed by atoms with Gasteiger partial charge < -0.3 is 5.11 Å². The summed E-state index contributed by atoms with van der Waals surface area (Å²) in [6.07, 6.45) is 0. The van der Waals surface area contributed by atoms with Gasteiger partial charge >= 0.3 is 0 Å². The predicted octanol–water partition coefficient (Wildman–Crippen LogP) is 5.50. The molecule has 0 saturated carbocycles. The van der Waals surface area contributed by atoms with Crippen LogP contribution in [0.1, 0.15) is 16.7 Å². The van der Waals surface area contributed by atoms with Gasteiger partial charge in [0, 0.05) is 0 Å². The largest absolute Gasteiger partial charge is 0.505 e. The highest BCUT2D eigenvalue weighted by molar-refractivity contribution is 9.10. The van der Waals surface area contributed by atoms with E-state index in [0.717, 1.165) is 22.4 Å². The van der Waals surface area contributed by atoms with Gasteiger partial charge in [0.1, 0.15) is 5.69 Å². The van der Waals surface area contributed by atoms with Gasteiger partial charge in [-0.2, -0.15) is 5.11 Å². The molecule has 2 aromatic carbocycles. The summed E-state index contributed by atoms with van der Waals surface area (Å²) in [4.78, 5) is 0. The number of nitrogens with zero attached hydrogens (tertiary/aromatic N) is 2. The smallest absolute Gasteiger partial charge is 0.157 e. The molecule has 0 atom stereocenters. The molecule has 0 aliphatic rings. The summed E-state index contributed by atoms with van der Waals surface area (Å²) in [6, 6.07) is 9.66. The second-order valence-corrected chi connectivity index (χ2v) is 5.46. The molecule has 4 heteroatoms. The first-order valence-electron chi connectivity index (χ1n) is 5.95. The minimum Gasteiger partial charge on any atom is -0.505 e. The van der Waals surface area contributed by atoms with Crippen LogP contribution in [0.5, 0.6) is 5.75 Å². The number of benzene rings is 2.